The molecule has 0 aliphatic carbocycles. The molecule has 64 valence electrons. The van der Waals surface area contributed by atoms with Crippen LogP contribution >= 0.6 is 0 Å². The molecule has 0 saturated carbocycles. The van der Waals surface area contributed by atoms with Crippen LogP contribution in [0, 0.1) is 11.3 Å². The second kappa shape index (κ2) is 2.95. The number of fused-ring (bicyclic) bond motifs is 1. The lowest BCUT2D eigenvalue weighted by molar-refractivity contribution is 0.284. The first-order valence-electron chi connectivity index (χ1n) is 4.15. The summed E-state index contributed by atoms with van der Waals surface area (Å²) in [5, 5.41) is 8.73. The molecule has 0 aromatic heterocycles. The van der Waals surface area contributed by atoms with Gasteiger partial charge in [0.15, 0.2) is 0 Å². The number of rotatable bonds is 0. The molecule has 0 N–H and O–H groups in total. The highest BCUT2D eigenvalue weighted by atomic mass is 16.5. The van der Waals surface area contributed by atoms with Gasteiger partial charge >= 0.3 is 0 Å². The average molecular weight is 171 g/mol. The van der Waals surface area contributed by atoms with Crippen LogP contribution in [0.2, 0.25) is 0 Å². The summed E-state index contributed by atoms with van der Waals surface area (Å²) in [4.78, 5) is 0. The van der Waals surface area contributed by atoms with Crippen molar-refractivity contribution < 1.29 is 4.74 Å². The minimum absolute atomic E-state index is 0.588. The van der Waals surface area contributed by atoms with E-state index in [-0.39, 0.29) is 0 Å². The zero-order valence-electron chi connectivity index (χ0n) is 7.37. The minimum Gasteiger partial charge on any atom is -0.487 e. The van der Waals surface area contributed by atoms with Crippen LogP contribution in [0.4, 0.5) is 0 Å². The van der Waals surface area contributed by atoms with Gasteiger partial charge in [-0.3, -0.25) is 0 Å². The van der Waals surface area contributed by atoms with Gasteiger partial charge in [0.25, 0.3) is 0 Å². The highest BCUT2D eigenvalue weighted by Crippen LogP contribution is 2.31. The Hall–Kier alpha value is -1.75. The van der Waals surface area contributed by atoms with E-state index in [0.29, 0.717) is 12.2 Å². The maximum Gasteiger partial charge on any atom is 0.140 e. The number of nitriles is 1. The van der Waals surface area contributed by atoms with E-state index < -0.39 is 0 Å². The third kappa shape index (κ3) is 1.19. The van der Waals surface area contributed by atoms with Crippen molar-refractivity contribution in [3.63, 3.8) is 0 Å². The summed E-state index contributed by atoms with van der Waals surface area (Å²) >= 11 is 0. The molecule has 0 spiro atoms. The molecule has 2 heteroatoms. The molecule has 13 heavy (non-hydrogen) atoms. The van der Waals surface area contributed by atoms with Gasteiger partial charge < -0.3 is 4.74 Å². The number of hydrogen-bond acceptors (Lipinski definition) is 2. The number of ether oxygens (including phenoxy) is 1. The van der Waals surface area contributed by atoms with Crippen LogP contribution in [0.25, 0.3) is 5.76 Å². The number of hydrogen-bond donors (Lipinski definition) is 0. The van der Waals surface area contributed by atoms with Gasteiger partial charge in [-0.15, -0.1) is 0 Å². The summed E-state index contributed by atoms with van der Waals surface area (Å²) in [6, 6.07) is 10.0. The first-order chi connectivity index (χ1) is 6.33. The van der Waals surface area contributed by atoms with Gasteiger partial charge in [-0.2, -0.15) is 5.26 Å². The number of benzene rings is 1. The lowest BCUT2D eigenvalue weighted by Crippen LogP contribution is -1.83. The van der Waals surface area contributed by atoms with E-state index in [2.05, 4.69) is 6.07 Å². The van der Waals surface area contributed by atoms with Crippen LogP contribution in [-0.2, 0) is 11.3 Å². The molecule has 0 amide bonds. The summed E-state index contributed by atoms with van der Waals surface area (Å²) in [6.07, 6.45) is 0. The Morgan fingerprint density at radius 1 is 1.46 bits per heavy atom. The van der Waals surface area contributed by atoms with Gasteiger partial charge in [0.2, 0.25) is 0 Å². The van der Waals surface area contributed by atoms with E-state index in [1.165, 1.54) is 0 Å². The average Bonchev–Trinajstić information content (AvgIpc) is 2.60. The van der Waals surface area contributed by atoms with E-state index in [9.17, 15) is 0 Å². The van der Waals surface area contributed by atoms with Crippen molar-refractivity contribution in [3.8, 4) is 6.07 Å². The van der Waals surface area contributed by atoms with Crippen molar-refractivity contribution in [2.45, 2.75) is 13.5 Å². The van der Waals surface area contributed by atoms with Gasteiger partial charge in [-0.1, -0.05) is 24.3 Å². The van der Waals surface area contributed by atoms with Crippen LogP contribution in [0.5, 0.6) is 0 Å². The molecule has 2 nitrogen and oxygen atoms in total. The zero-order chi connectivity index (χ0) is 9.26. The Morgan fingerprint density at radius 2 is 2.23 bits per heavy atom. The third-order valence-corrected chi connectivity index (χ3v) is 2.14. The van der Waals surface area contributed by atoms with Crippen LogP contribution in [-0.4, -0.2) is 0 Å². The molecule has 1 aromatic rings. The Bertz CT molecular complexity index is 412. The summed E-state index contributed by atoms with van der Waals surface area (Å²) in [5.41, 5.74) is 2.86. The van der Waals surface area contributed by atoms with E-state index in [4.69, 9.17) is 10.00 Å². The molecule has 0 fully saturated rings. The second-order valence-electron chi connectivity index (χ2n) is 3.01. The van der Waals surface area contributed by atoms with Crippen LogP contribution in [0.15, 0.2) is 29.8 Å². The molecule has 1 heterocycles. The summed E-state index contributed by atoms with van der Waals surface area (Å²) in [7, 11) is 0. The fraction of sp³-hybridized carbons (Fsp3) is 0.182. The van der Waals surface area contributed by atoms with E-state index in [1.807, 2.05) is 24.3 Å². The summed E-state index contributed by atoms with van der Waals surface area (Å²) < 4.78 is 5.43. The van der Waals surface area contributed by atoms with Crippen LogP contribution < -0.4 is 0 Å². The van der Waals surface area contributed by atoms with Gasteiger partial charge in [-0.05, 0) is 6.92 Å². The fourth-order valence-electron chi connectivity index (χ4n) is 1.46. The van der Waals surface area contributed by atoms with Crippen molar-refractivity contribution >= 4 is 5.76 Å². The molecular weight excluding hydrogens is 162 g/mol. The first-order valence-corrected chi connectivity index (χ1v) is 4.15. The molecule has 1 aliphatic rings. The van der Waals surface area contributed by atoms with Crippen molar-refractivity contribution in [1.82, 2.24) is 0 Å². The van der Waals surface area contributed by atoms with Crippen LogP contribution in [0.1, 0.15) is 18.1 Å². The number of nitrogens with zero attached hydrogens (tertiary/aromatic N) is 1. The number of allylic oxidation sites excluding steroid dienone is 1. The van der Waals surface area contributed by atoms with Gasteiger partial charge in [0, 0.05) is 11.1 Å². The standard InChI is InChI=1S/C11H9NO/c1-8(6-12)11-10-5-3-2-4-9(10)7-13-11/h2-5H,7H2,1H3. The van der Waals surface area contributed by atoms with Crippen LogP contribution in [0.3, 0.4) is 0 Å². The minimum atomic E-state index is 0.588. The Morgan fingerprint density at radius 3 is 3.00 bits per heavy atom. The largest absolute Gasteiger partial charge is 0.487 e. The highest BCUT2D eigenvalue weighted by molar-refractivity contribution is 5.70. The molecule has 1 aromatic carbocycles. The van der Waals surface area contributed by atoms with E-state index in [0.717, 1.165) is 16.9 Å². The smallest absolute Gasteiger partial charge is 0.140 e. The van der Waals surface area contributed by atoms with Crippen molar-refractivity contribution in [3.05, 3.63) is 41.0 Å². The zero-order valence-corrected chi connectivity index (χ0v) is 7.37. The third-order valence-electron chi connectivity index (χ3n) is 2.14. The molecule has 0 saturated heterocycles. The maximum atomic E-state index is 8.73. The Kier molecular flexibility index (Phi) is 1.79. The molecule has 1 aliphatic heterocycles. The van der Waals surface area contributed by atoms with Crippen molar-refractivity contribution in [2.75, 3.05) is 0 Å². The molecule has 0 atom stereocenters. The van der Waals surface area contributed by atoms with Gasteiger partial charge in [0.1, 0.15) is 12.4 Å². The predicted molar refractivity (Wildman–Crippen MR) is 49.4 cm³/mol. The Labute approximate surface area is 77.1 Å². The van der Waals surface area contributed by atoms with E-state index in [1.54, 1.807) is 6.92 Å². The highest BCUT2D eigenvalue weighted by Gasteiger charge is 2.18. The predicted octanol–water partition coefficient (Wildman–Crippen LogP) is 2.47. The topological polar surface area (TPSA) is 33.0 Å². The Balaban J connectivity index is 2.58. The van der Waals surface area contributed by atoms with E-state index >= 15 is 0 Å². The molecule has 2 rings (SSSR count). The SMILES string of the molecule is CC(C#N)=C1OCc2ccccc21. The van der Waals surface area contributed by atoms with Crippen molar-refractivity contribution in [2.24, 2.45) is 0 Å². The molecule has 0 radical (unpaired) electrons. The molecule has 0 bridgehead atoms. The quantitative estimate of drug-likeness (QED) is 0.562. The molecular formula is C11H9NO. The maximum absolute atomic E-state index is 8.73. The monoisotopic (exact) mass is 171 g/mol. The molecule has 0 unspecified atom stereocenters. The lowest BCUT2D eigenvalue weighted by Gasteiger charge is -1.99. The lowest BCUT2D eigenvalue weighted by atomic mass is 10.1. The summed E-state index contributed by atoms with van der Waals surface area (Å²) in [5.74, 6) is 0.734. The second-order valence-corrected chi connectivity index (χ2v) is 3.01. The summed E-state index contributed by atoms with van der Waals surface area (Å²) in [6.45, 7) is 2.36. The first kappa shape index (κ1) is 7.88. The van der Waals surface area contributed by atoms with Gasteiger partial charge in [0.05, 0.1) is 11.6 Å². The normalized spacial score (nSPS) is 17.2. The van der Waals surface area contributed by atoms with Gasteiger partial charge in [-0.25, -0.2) is 0 Å². The van der Waals surface area contributed by atoms with Crippen molar-refractivity contribution in [1.29, 1.82) is 5.26 Å². The fourth-order valence-corrected chi connectivity index (χ4v) is 1.46.